The van der Waals surface area contributed by atoms with Crippen LogP contribution in [0.15, 0.2) is 54.2 Å². The van der Waals surface area contributed by atoms with Gasteiger partial charge in [-0.2, -0.15) is 0 Å². The SMILES string of the molecule is COC(=O)/C=C(/Nc1ccc2nc(-c3ccc(Cl)cc3)[nH]c2c1)C(=O)OC. The molecular formula is C19H16ClN3O4. The largest absolute Gasteiger partial charge is 0.466 e. The van der Waals surface area contributed by atoms with E-state index >= 15 is 0 Å². The fourth-order valence-corrected chi connectivity index (χ4v) is 2.55. The van der Waals surface area contributed by atoms with Crippen LogP contribution in [0.5, 0.6) is 0 Å². The number of aromatic amines is 1. The minimum Gasteiger partial charge on any atom is -0.466 e. The van der Waals surface area contributed by atoms with Crippen LogP contribution in [0.25, 0.3) is 22.4 Å². The van der Waals surface area contributed by atoms with Gasteiger partial charge in [-0.3, -0.25) is 0 Å². The van der Waals surface area contributed by atoms with Crippen molar-refractivity contribution in [2.24, 2.45) is 0 Å². The number of benzene rings is 2. The predicted molar refractivity (Wildman–Crippen MR) is 102 cm³/mol. The van der Waals surface area contributed by atoms with Gasteiger partial charge in [0.1, 0.15) is 11.5 Å². The molecule has 1 heterocycles. The van der Waals surface area contributed by atoms with Crippen LogP contribution >= 0.6 is 11.6 Å². The molecule has 0 aliphatic rings. The average Bonchev–Trinajstić information content (AvgIpc) is 3.10. The monoisotopic (exact) mass is 385 g/mol. The van der Waals surface area contributed by atoms with E-state index in [0.29, 0.717) is 16.5 Å². The molecule has 2 N–H and O–H groups in total. The Morgan fingerprint density at radius 3 is 2.52 bits per heavy atom. The number of ether oxygens (including phenoxy) is 2. The summed E-state index contributed by atoms with van der Waals surface area (Å²) in [6, 6.07) is 12.6. The lowest BCUT2D eigenvalue weighted by molar-refractivity contribution is -0.138. The average molecular weight is 386 g/mol. The summed E-state index contributed by atoms with van der Waals surface area (Å²) in [4.78, 5) is 31.1. The number of anilines is 1. The van der Waals surface area contributed by atoms with Crippen molar-refractivity contribution in [3.05, 3.63) is 59.3 Å². The number of halogens is 1. The maximum atomic E-state index is 11.9. The van der Waals surface area contributed by atoms with Crippen LogP contribution in [-0.2, 0) is 19.1 Å². The Labute approximate surface area is 160 Å². The van der Waals surface area contributed by atoms with Crippen LogP contribution in [-0.4, -0.2) is 36.1 Å². The number of carbonyl (C=O) groups is 2. The molecule has 0 radical (unpaired) electrons. The molecule has 0 unspecified atom stereocenters. The maximum absolute atomic E-state index is 11.9. The molecule has 0 spiro atoms. The Hall–Kier alpha value is -3.32. The number of aromatic nitrogens is 2. The lowest BCUT2D eigenvalue weighted by atomic mass is 10.2. The van der Waals surface area contributed by atoms with Crippen LogP contribution < -0.4 is 5.32 Å². The highest BCUT2D eigenvalue weighted by molar-refractivity contribution is 6.30. The molecule has 138 valence electrons. The number of esters is 2. The summed E-state index contributed by atoms with van der Waals surface area (Å²) in [6.07, 6.45) is 1.03. The summed E-state index contributed by atoms with van der Waals surface area (Å²) in [5, 5.41) is 3.51. The van der Waals surface area contributed by atoms with Crippen LogP contribution in [0.3, 0.4) is 0 Å². The summed E-state index contributed by atoms with van der Waals surface area (Å²) in [6.45, 7) is 0. The molecule has 0 fully saturated rings. The quantitative estimate of drug-likeness (QED) is 0.515. The van der Waals surface area contributed by atoms with E-state index < -0.39 is 11.9 Å². The minimum absolute atomic E-state index is 0.0406. The summed E-state index contributed by atoms with van der Waals surface area (Å²) in [5.41, 5.74) is 2.94. The van der Waals surface area contributed by atoms with Crippen molar-refractivity contribution in [3.8, 4) is 11.4 Å². The number of fused-ring (bicyclic) bond motifs is 1. The van der Waals surface area contributed by atoms with Gasteiger partial charge in [0.05, 0.1) is 31.3 Å². The highest BCUT2D eigenvalue weighted by atomic mass is 35.5. The summed E-state index contributed by atoms with van der Waals surface area (Å²) in [7, 11) is 2.45. The van der Waals surface area contributed by atoms with E-state index in [0.717, 1.165) is 22.7 Å². The number of hydrogen-bond donors (Lipinski definition) is 2. The van der Waals surface area contributed by atoms with E-state index in [9.17, 15) is 9.59 Å². The number of H-pyrrole nitrogens is 1. The Bertz CT molecular complexity index is 1030. The van der Waals surface area contributed by atoms with Crippen molar-refractivity contribution in [2.75, 3.05) is 19.5 Å². The summed E-state index contributed by atoms with van der Waals surface area (Å²) < 4.78 is 9.24. The normalized spacial score (nSPS) is 11.3. The van der Waals surface area contributed by atoms with E-state index in [1.807, 2.05) is 12.1 Å². The number of nitrogens with one attached hydrogen (secondary N) is 2. The summed E-state index contributed by atoms with van der Waals surface area (Å²) >= 11 is 5.92. The zero-order valence-corrected chi connectivity index (χ0v) is 15.3. The van der Waals surface area contributed by atoms with Gasteiger partial charge in [-0.05, 0) is 42.5 Å². The van der Waals surface area contributed by atoms with Crippen LogP contribution in [0, 0.1) is 0 Å². The smallest absolute Gasteiger partial charge is 0.354 e. The first-order valence-electron chi connectivity index (χ1n) is 7.91. The Morgan fingerprint density at radius 1 is 1.11 bits per heavy atom. The van der Waals surface area contributed by atoms with Crippen molar-refractivity contribution in [1.82, 2.24) is 9.97 Å². The topological polar surface area (TPSA) is 93.3 Å². The molecule has 0 atom stereocenters. The molecule has 0 aliphatic heterocycles. The van der Waals surface area contributed by atoms with Crippen molar-refractivity contribution >= 4 is 40.3 Å². The van der Waals surface area contributed by atoms with Gasteiger partial charge in [0, 0.05) is 16.3 Å². The standard InChI is InChI=1S/C19H16ClN3O4/c1-26-17(24)10-16(19(25)27-2)21-13-7-8-14-15(9-13)23-18(22-14)11-3-5-12(20)6-4-11/h3-10,21H,1-2H3,(H,22,23)/b16-10+. The second-order valence-corrected chi connectivity index (χ2v) is 5.96. The van der Waals surface area contributed by atoms with E-state index in [4.69, 9.17) is 11.6 Å². The molecular weight excluding hydrogens is 370 g/mol. The third-order valence-electron chi connectivity index (χ3n) is 3.75. The minimum atomic E-state index is -0.688. The maximum Gasteiger partial charge on any atom is 0.354 e. The lowest BCUT2D eigenvalue weighted by Gasteiger charge is -2.08. The second kappa shape index (κ2) is 7.92. The van der Waals surface area contributed by atoms with Crippen molar-refractivity contribution in [2.45, 2.75) is 0 Å². The van der Waals surface area contributed by atoms with Gasteiger partial charge < -0.3 is 19.8 Å². The molecule has 8 heteroatoms. The first-order chi connectivity index (χ1) is 13.0. The van der Waals surface area contributed by atoms with E-state index in [1.54, 1.807) is 30.3 Å². The number of carbonyl (C=O) groups excluding carboxylic acids is 2. The Kier molecular flexibility index (Phi) is 5.42. The van der Waals surface area contributed by atoms with Crippen molar-refractivity contribution in [1.29, 1.82) is 0 Å². The van der Waals surface area contributed by atoms with Gasteiger partial charge in [-0.1, -0.05) is 11.6 Å². The van der Waals surface area contributed by atoms with Crippen LogP contribution in [0.1, 0.15) is 0 Å². The van der Waals surface area contributed by atoms with Crippen LogP contribution in [0.2, 0.25) is 5.02 Å². The van der Waals surface area contributed by atoms with Gasteiger partial charge >= 0.3 is 11.9 Å². The molecule has 3 rings (SSSR count). The third kappa shape index (κ3) is 4.27. The van der Waals surface area contributed by atoms with Gasteiger partial charge in [-0.25, -0.2) is 14.6 Å². The summed E-state index contributed by atoms with van der Waals surface area (Å²) in [5.74, 6) is -0.667. The third-order valence-corrected chi connectivity index (χ3v) is 4.00. The Morgan fingerprint density at radius 2 is 1.85 bits per heavy atom. The van der Waals surface area contributed by atoms with Crippen molar-refractivity contribution in [3.63, 3.8) is 0 Å². The van der Waals surface area contributed by atoms with E-state index in [2.05, 4.69) is 24.8 Å². The molecule has 0 saturated carbocycles. The molecule has 0 bridgehead atoms. The zero-order chi connectivity index (χ0) is 19.4. The molecule has 7 nitrogen and oxygen atoms in total. The van der Waals surface area contributed by atoms with Crippen LogP contribution in [0.4, 0.5) is 5.69 Å². The van der Waals surface area contributed by atoms with Gasteiger partial charge in [0.25, 0.3) is 0 Å². The first-order valence-corrected chi connectivity index (χ1v) is 8.28. The molecule has 27 heavy (non-hydrogen) atoms. The second-order valence-electron chi connectivity index (χ2n) is 5.52. The highest BCUT2D eigenvalue weighted by Crippen LogP contribution is 2.24. The first kappa shape index (κ1) is 18.5. The predicted octanol–water partition coefficient (Wildman–Crippen LogP) is 3.53. The number of hydrogen-bond acceptors (Lipinski definition) is 6. The van der Waals surface area contributed by atoms with E-state index in [-0.39, 0.29) is 5.70 Å². The van der Waals surface area contributed by atoms with E-state index in [1.165, 1.54) is 14.2 Å². The fourth-order valence-electron chi connectivity index (χ4n) is 2.42. The zero-order valence-electron chi connectivity index (χ0n) is 14.6. The molecule has 1 aromatic heterocycles. The van der Waals surface area contributed by atoms with Crippen molar-refractivity contribution < 1.29 is 19.1 Å². The van der Waals surface area contributed by atoms with Gasteiger partial charge in [-0.15, -0.1) is 0 Å². The molecule has 0 saturated heterocycles. The number of imidazole rings is 1. The lowest BCUT2D eigenvalue weighted by Crippen LogP contribution is -2.15. The molecule has 0 aliphatic carbocycles. The molecule has 0 amide bonds. The highest BCUT2D eigenvalue weighted by Gasteiger charge is 2.14. The Balaban J connectivity index is 1.91. The fraction of sp³-hybridized carbons (Fsp3) is 0.105. The molecule has 3 aromatic rings. The molecule has 2 aromatic carbocycles. The number of rotatable bonds is 5. The number of methoxy groups -OCH3 is 2. The number of nitrogens with zero attached hydrogens (tertiary/aromatic N) is 1. The van der Waals surface area contributed by atoms with Gasteiger partial charge in [0.2, 0.25) is 0 Å². The van der Waals surface area contributed by atoms with Gasteiger partial charge in [0.15, 0.2) is 0 Å².